The molecule has 6 heterocycles. The molecule has 0 aromatic heterocycles. The molecule has 222 valence electrons. The Bertz CT molecular complexity index is 1190. The average molecular weight is 577 g/mol. The van der Waals surface area contributed by atoms with E-state index >= 15 is 0 Å². The van der Waals surface area contributed by atoms with E-state index < -0.39 is 59.0 Å². The molecule has 0 N–H and O–H groups in total. The number of hydroxylamine groups is 2. The summed E-state index contributed by atoms with van der Waals surface area (Å²) in [5, 5.41) is 0.361. The molecule has 14 heteroatoms. The Labute approximate surface area is 235 Å². The smallest absolute Gasteiger partial charge is 0.431 e. The maximum absolute atomic E-state index is 12.3. The highest BCUT2D eigenvalue weighted by atomic mass is 16.8. The van der Waals surface area contributed by atoms with Crippen molar-refractivity contribution < 1.29 is 57.4 Å². The molecule has 1 aliphatic carbocycles. The fourth-order valence-corrected chi connectivity index (χ4v) is 5.92. The van der Waals surface area contributed by atoms with Crippen LogP contribution in [-0.2, 0) is 52.6 Å². The maximum atomic E-state index is 12.3. The Kier molecular flexibility index (Phi) is 8.79. The number of hydrogen-bond donors (Lipinski definition) is 0. The molecule has 7 aliphatic rings. The Morgan fingerprint density at radius 3 is 1.56 bits per heavy atom. The largest absolute Gasteiger partial charge is 0.534 e. The van der Waals surface area contributed by atoms with Gasteiger partial charge in [0.05, 0.1) is 54.6 Å². The summed E-state index contributed by atoms with van der Waals surface area (Å²) in [4.78, 5) is 98.1. The summed E-state index contributed by atoms with van der Waals surface area (Å²) in [5.74, 6) is -5.99. The number of ether oxygens (including phenoxy) is 3. The lowest BCUT2D eigenvalue weighted by atomic mass is 9.85. The normalized spacial score (nSPS) is 34.7. The van der Waals surface area contributed by atoms with Crippen molar-refractivity contribution in [2.75, 3.05) is 13.2 Å². The van der Waals surface area contributed by atoms with Crippen LogP contribution in [0.2, 0.25) is 0 Å². The number of fused-ring (bicyclic) bond motifs is 10. The van der Waals surface area contributed by atoms with E-state index in [1.54, 1.807) is 24.3 Å². The van der Waals surface area contributed by atoms with E-state index in [0.717, 1.165) is 4.90 Å². The third-order valence-electron chi connectivity index (χ3n) is 7.66. The highest BCUT2D eigenvalue weighted by molar-refractivity contribution is 6.68. The van der Waals surface area contributed by atoms with E-state index in [2.05, 4.69) is 4.84 Å². The third-order valence-corrected chi connectivity index (χ3v) is 7.66. The van der Waals surface area contributed by atoms with Gasteiger partial charge in [0.1, 0.15) is 6.61 Å². The fraction of sp³-hybridized carbons (Fsp3) is 0.556. The van der Waals surface area contributed by atoms with Crippen LogP contribution in [0.3, 0.4) is 0 Å². The molecule has 0 radical (unpaired) electrons. The van der Waals surface area contributed by atoms with Crippen LogP contribution in [0.25, 0.3) is 0 Å². The molecule has 4 saturated heterocycles. The van der Waals surface area contributed by atoms with Crippen molar-refractivity contribution in [2.45, 2.75) is 59.5 Å². The van der Waals surface area contributed by atoms with Gasteiger partial charge in [-0.05, 0) is 0 Å². The summed E-state index contributed by atoms with van der Waals surface area (Å²) in [7, 11) is 0. The van der Waals surface area contributed by atoms with Crippen LogP contribution in [0, 0.1) is 23.7 Å². The number of carbonyl (C=O) groups excluding carboxylic acids is 8. The molecule has 0 aromatic carbocycles. The number of carbonyl (C=O) groups is 8. The van der Waals surface area contributed by atoms with Gasteiger partial charge < -0.3 is 14.2 Å². The average Bonchev–Trinajstić information content (AvgIpc) is 3.76. The zero-order chi connectivity index (χ0) is 26.9. The van der Waals surface area contributed by atoms with Crippen LogP contribution >= 0.6 is 0 Å². The topological polar surface area (TPSA) is 180 Å². The molecule has 4 bridgehead atoms. The maximum Gasteiger partial charge on any atom is 0.534 e. The van der Waals surface area contributed by atoms with Crippen molar-refractivity contribution in [3.63, 3.8) is 0 Å². The van der Waals surface area contributed by atoms with Gasteiger partial charge in [0, 0.05) is 12.8 Å². The first-order valence-corrected chi connectivity index (χ1v) is 12.0. The van der Waals surface area contributed by atoms with Gasteiger partial charge >= 0.3 is 6.16 Å². The molecule has 0 spiro atoms. The molecular formula is C27H32N2O12. The van der Waals surface area contributed by atoms with Gasteiger partial charge in [-0.15, -0.1) is 0 Å². The number of imide groups is 2. The van der Waals surface area contributed by atoms with E-state index in [9.17, 15) is 38.4 Å². The van der Waals surface area contributed by atoms with Crippen molar-refractivity contribution in [1.82, 2.24) is 9.96 Å². The Balaban J connectivity index is 0.000000246. The highest BCUT2D eigenvalue weighted by Crippen LogP contribution is 2.45. The molecule has 0 aromatic rings. The first-order valence-electron chi connectivity index (χ1n) is 12.0. The zero-order valence-electron chi connectivity index (χ0n) is 19.6. The summed E-state index contributed by atoms with van der Waals surface area (Å²) in [5.41, 5.74) is 0. The van der Waals surface area contributed by atoms with Crippen LogP contribution in [0.15, 0.2) is 24.3 Å². The molecule has 4 amide bonds. The molecular weight excluding hydrogens is 544 g/mol. The van der Waals surface area contributed by atoms with Crippen LogP contribution in [0.1, 0.15) is 35.1 Å². The minimum Gasteiger partial charge on any atom is -0.431 e. The Morgan fingerprint density at radius 2 is 1.12 bits per heavy atom. The molecule has 8 atom stereocenters. The van der Waals surface area contributed by atoms with Crippen molar-refractivity contribution in [3.8, 4) is 0 Å². The minimum atomic E-state index is -1.24. The SMILES string of the molecule is C.C.C.O=C(OCCN1C(=O)C2C3C=CC(O3)C2C1=O)ON1C(=O)CCC1=O.O=C1C(=O)C2C3C=CC(O3)C2C1=O. The number of ketones is 3. The first-order chi connectivity index (χ1) is 18.2. The minimum absolute atomic E-state index is 0. The monoisotopic (exact) mass is 576 g/mol. The predicted molar refractivity (Wildman–Crippen MR) is 135 cm³/mol. The van der Waals surface area contributed by atoms with Crippen molar-refractivity contribution in [3.05, 3.63) is 24.3 Å². The second-order valence-electron chi connectivity index (χ2n) is 9.66. The van der Waals surface area contributed by atoms with Gasteiger partial charge in [-0.2, -0.15) is 0 Å². The van der Waals surface area contributed by atoms with Crippen molar-refractivity contribution in [2.24, 2.45) is 23.7 Å². The summed E-state index contributed by atoms with van der Waals surface area (Å²) >= 11 is 0. The van der Waals surface area contributed by atoms with Crippen LogP contribution in [0.4, 0.5) is 4.79 Å². The van der Waals surface area contributed by atoms with Crippen LogP contribution in [-0.4, -0.2) is 94.7 Å². The number of nitrogens with zero attached hydrogens (tertiary/aromatic N) is 2. The molecule has 41 heavy (non-hydrogen) atoms. The van der Waals surface area contributed by atoms with Gasteiger partial charge in [0.2, 0.25) is 23.4 Å². The van der Waals surface area contributed by atoms with Crippen molar-refractivity contribution in [1.29, 1.82) is 0 Å². The Morgan fingerprint density at radius 1 is 0.707 bits per heavy atom. The van der Waals surface area contributed by atoms with E-state index in [4.69, 9.17) is 14.2 Å². The summed E-state index contributed by atoms with van der Waals surface area (Å²) in [6, 6.07) is 0. The lowest BCUT2D eigenvalue weighted by Crippen LogP contribution is -2.38. The lowest BCUT2D eigenvalue weighted by Gasteiger charge is -2.17. The number of likely N-dealkylation sites (tertiary alicyclic amines) is 1. The number of hydrogen-bond acceptors (Lipinski definition) is 12. The predicted octanol–water partition coefficient (Wildman–Crippen LogP) is 0.327. The summed E-state index contributed by atoms with van der Waals surface area (Å²) < 4.78 is 15.6. The second kappa shape index (κ2) is 11.4. The van der Waals surface area contributed by atoms with E-state index in [0.29, 0.717) is 5.06 Å². The number of amides is 4. The standard InChI is InChI=1S/C15H14N2O8.C9H6O4.3CH4/c18-9-3-4-10(19)17(9)25-15(22)23-6-5-16-13(20)11-7-1-2-8(24-7)12(11)14(16)21;10-7-5-3-1-2-4(13-3)6(5)8(11)9(7)12;;;/h1-2,7-8,11-12H,3-6H2;1-6H;3*1H4. The Hall–Kier alpha value is -4.04. The molecule has 7 rings (SSSR count). The molecule has 6 aliphatic heterocycles. The molecule has 5 fully saturated rings. The van der Waals surface area contributed by atoms with Gasteiger partial charge in [0.25, 0.3) is 17.6 Å². The van der Waals surface area contributed by atoms with Gasteiger partial charge in [-0.1, -0.05) is 51.6 Å². The highest BCUT2D eigenvalue weighted by Gasteiger charge is 2.62. The summed E-state index contributed by atoms with van der Waals surface area (Å²) in [6.07, 6.45) is 4.35. The summed E-state index contributed by atoms with van der Waals surface area (Å²) in [6.45, 7) is -0.420. The van der Waals surface area contributed by atoms with Gasteiger partial charge in [-0.25, -0.2) is 4.79 Å². The lowest BCUT2D eigenvalue weighted by molar-refractivity contribution is -0.177. The number of rotatable bonds is 4. The van der Waals surface area contributed by atoms with E-state index in [1.807, 2.05) is 0 Å². The quantitative estimate of drug-likeness (QED) is 0.194. The first kappa shape index (κ1) is 31.5. The van der Waals surface area contributed by atoms with E-state index in [-0.39, 0.29) is 84.5 Å². The molecule has 14 nitrogen and oxygen atoms in total. The second-order valence-corrected chi connectivity index (χ2v) is 9.66. The van der Waals surface area contributed by atoms with Gasteiger partial charge in [0.15, 0.2) is 0 Å². The molecule has 8 unspecified atom stereocenters. The van der Waals surface area contributed by atoms with Crippen LogP contribution in [0.5, 0.6) is 0 Å². The van der Waals surface area contributed by atoms with Gasteiger partial charge in [-0.3, -0.25) is 43.3 Å². The zero-order valence-corrected chi connectivity index (χ0v) is 19.6. The van der Waals surface area contributed by atoms with Crippen LogP contribution < -0.4 is 0 Å². The van der Waals surface area contributed by atoms with Crippen molar-refractivity contribution >= 4 is 47.1 Å². The number of Topliss-reactive ketones (excluding diaryl/α,β-unsaturated/α-hetero) is 3. The van der Waals surface area contributed by atoms with E-state index in [1.165, 1.54) is 0 Å². The molecule has 1 saturated carbocycles. The third kappa shape index (κ3) is 4.80. The fourth-order valence-electron chi connectivity index (χ4n) is 5.92.